The van der Waals surface area contributed by atoms with Crippen LogP contribution in [0.2, 0.25) is 0 Å². The van der Waals surface area contributed by atoms with Crippen molar-refractivity contribution in [2.24, 2.45) is 0 Å². The SMILES string of the molecule is COc1ccc(S(=O)(=O)c2ncn(-c3ccccc3)c2-c2ccccc2)cc1. The molecule has 3 aromatic carbocycles. The first-order valence-electron chi connectivity index (χ1n) is 8.68. The van der Waals surface area contributed by atoms with E-state index in [1.54, 1.807) is 30.1 Å². The van der Waals surface area contributed by atoms with Gasteiger partial charge in [-0.1, -0.05) is 48.5 Å². The lowest BCUT2D eigenvalue weighted by Crippen LogP contribution is -2.06. The summed E-state index contributed by atoms with van der Waals surface area (Å²) in [5.41, 5.74) is 2.14. The Morgan fingerprint density at radius 1 is 0.821 bits per heavy atom. The Bertz CT molecular complexity index is 1180. The maximum atomic E-state index is 13.4. The van der Waals surface area contributed by atoms with E-state index in [4.69, 9.17) is 4.74 Å². The molecule has 0 aliphatic heterocycles. The van der Waals surface area contributed by atoms with Gasteiger partial charge in [0.1, 0.15) is 12.1 Å². The van der Waals surface area contributed by atoms with Crippen LogP contribution in [0.3, 0.4) is 0 Å². The van der Waals surface area contributed by atoms with Crippen molar-refractivity contribution in [2.75, 3.05) is 7.11 Å². The molecule has 0 spiro atoms. The highest BCUT2D eigenvalue weighted by molar-refractivity contribution is 7.91. The van der Waals surface area contributed by atoms with E-state index in [-0.39, 0.29) is 9.92 Å². The van der Waals surface area contributed by atoms with Crippen LogP contribution in [0.15, 0.2) is 101 Å². The molecule has 0 atom stereocenters. The highest BCUT2D eigenvalue weighted by Crippen LogP contribution is 2.33. The lowest BCUT2D eigenvalue weighted by atomic mass is 10.1. The van der Waals surface area contributed by atoms with Crippen LogP contribution in [0.1, 0.15) is 0 Å². The lowest BCUT2D eigenvalue weighted by Gasteiger charge is -2.11. The maximum Gasteiger partial charge on any atom is 0.226 e. The zero-order chi connectivity index (χ0) is 19.6. The van der Waals surface area contributed by atoms with Crippen LogP contribution in [-0.2, 0) is 9.84 Å². The van der Waals surface area contributed by atoms with Crippen molar-refractivity contribution in [1.29, 1.82) is 0 Å². The van der Waals surface area contributed by atoms with Gasteiger partial charge in [-0.25, -0.2) is 13.4 Å². The van der Waals surface area contributed by atoms with Gasteiger partial charge in [0.05, 0.1) is 17.7 Å². The number of ether oxygens (including phenoxy) is 1. The van der Waals surface area contributed by atoms with E-state index in [0.717, 1.165) is 11.3 Å². The van der Waals surface area contributed by atoms with Gasteiger partial charge in [0.15, 0.2) is 5.03 Å². The van der Waals surface area contributed by atoms with Crippen molar-refractivity contribution in [3.8, 4) is 22.7 Å². The molecule has 0 aliphatic rings. The first-order chi connectivity index (χ1) is 13.6. The quantitative estimate of drug-likeness (QED) is 0.507. The smallest absolute Gasteiger partial charge is 0.226 e. The molecule has 0 fully saturated rings. The third-order valence-corrected chi connectivity index (χ3v) is 6.14. The minimum Gasteiger partial charge on any atom is -0.497 e. The van der Waals surface area contributed by atoms with Gasteiger partial charge in [0.2, 0.25) is 9.84 Å². The van der Waals surface area contributed by atoms with Crippen molar-refractivity contribution >= 4 is 9.84 Å². The summed E-state index contributed by atoms with van der Waals surface area (Å²) in [5, 5.41) is 0.0210. The number of rotatable bonds is 5. The summed E-state index contributed by atoms with van der Waals surface area (Å²) >= 11 is 0. The minimum atomic E-state index is -3.82. The van der Waals surface area contributed by atoms with Gasteiger partial charge in [-0.05, 0) is 36.4 Å². The number of sulfone groups is 1. The molecule has 0 saturated heterocycles. The highest BCUT2D eigenvalue weighted by atomic mass is 32.2. The number of hydrogen-bond donors (Lipinski definition) is 0. The fourth-order valence-corrected chi connectivity index (χ4v) is 4.41. The summed E-state index contributed by atoms with van der Waals surface area (Å²) in [4.78, 5) is 4.47. The van der Waals surface area contributed by atoms with Gasteiger partial charge in [0.25, 0.3) is 0 Å². The summed E-state index contributed by atoms with van der Waals surface area (Å²) in [6.07, 6.45) is 1.55. The van der Waals surface area contributed by atoms with Gasteiger partial charge < -0.3 is 4.74 Å². The van der Waals surface area contributed by atoms with Crippen LogP contribution in [0, 0.1) is 0 Å². The Labute approximate surface area is 163 Å². The second-order valence-electron chi connectivity index (χ2n) is 6.15. The van der Waals surface area contributed by atoms with Gasteiger partial charge >= 0.3 is 0 Å². The summed E-state index contributed by atoms with van der Waals surface area (Å²) in [7, 11) is -2.28. The van der Waals surface area contributed by atoms with Crippen molar-refractivity contribution < 1.29 is 13.2 Å². The topological polar surface area (TPSA) is 61.2 Å². The molecule has 4 rings (SSSR count). The standard InChI is InChI=1S/C22H18N2O3S/c1-27-19-12-14-20(15-13-19)28(25,26)22-21(17-8-4-2-5-9-17)24(16-23-22)18-10-6-3-7-11-18/h2-16H,1H3. The predicted octanol–water partition coefficient (Wildman–Crippen LogP) is 4.38. The molecule has 0 radical (unpaired) electrons. The Morgan fingerprint density at radius 2 is 1.43 bits per heavy atom. The van der Waals surface area contributed by atoms with Gasteiger partial charge in [-0.15, -0.1) is 0 Å². The molecule has 1 heterocycles. The summed E-state index contributed by atoms with van der Waals surface area (Å²) in [6.45, 7) is 0. The van der Waals surface area contributed by atoms with Gasteiger partial charge in [-0.3, -0.25) is 4.57 Å². The Balaban J connectivity index is 1.93. The van der Waals surface area contributed by atoms with Gasteiger partial charge in [-0.2, -0.15) is 0 Å². The number of hydrogen-bond acceptors (Lipinski definition) is 4. The fourth-order valence-electron chi connectivity index (χ4n) is 3.04. The average Bonchev–Trinajstić information content (AvgIpc) is 3.21. The third kappa shape index (κ3) is 3.18. The molecule has 28 heavy (non-hydrogen) atoms. The average molecular weight is 390 g/mol. The van der Waals surface area contributed by atoms with Crippen molar-refractivity contribution in [3.63, 3.8) is 0 Å². The van der Waals surface area contributed by atoms with E-state index in [0.29, 0.717) is 11.4 Å². The van der Waals surface area contributed by atoms with E-state index in [1.165, 1.54) is 12.1 Å². The lowest BCUT2D eigenvalue weighted by molar-refractivity contribution is 0.414. The number of methoxy groups -OCH3 is 1. The van der Waals surface area contributed by atoms with E-state index >= 15 is 0 Å². The molecule has 0 aliphatic carbocycles. The zero-order valence-corrected chi connectivity index (χ0v) is 16.0. The predicted molar refractivity (Wildman–Crippen MR) is 107 cm³/mol. The van der Waals surface area contributed by atoms with Crippen LogP contribution in [0.25, 0.3) is 16.9 Å². The Morgan fingerprint density at radius 3 is 2.04 bits per heavy atom. The monoisotopic (exact) mass is 390 g/mol. The van der Waals surface area contributed by atoms with E-state index in [9.17, 15) is 8.42 Å². The van der Waals surface area contributed by atoms with Crippen LogP contribution in [-0.4, -0.2) is 25.1 Å². The molecule has 6 heteroatoms. The van der Waals surface area contributed by atoms with Crippen molar-refractivity contribution in [1.82, 2.24) is 9.55 Å². The third-order valence-electron chi connectivity index (χ3n) is 4.44. The van der Waals surface area contributed by atoms with Crippen LogP contribution in [0.4, 0.5) is 0 Å². The molecule has 4 aromatic rings. The normalized spacial score (nSPS) is 11.3. The van der Waals surface area contributed by atoms with Crippen LogP contribution < -0.4 is 4.74 Å². The molecule has 0 bridgehead atoms. The molecule has 0 saturated carbocycles. The fraction of sp³-hybridized carbons (Fsp3) is 0.0455. The van der Waals surface area contributed by atoms with E-state index in [1.807, 2.05) is 60.7 Å². The second-order valence-corrected chi connectivity index (χ2v) is 8.01. The molecule has 140 valence electrons. The summed E-state index contributed by atoms with van der Waals surface area (Å²) < 4.78 is 33.6. The summed E-state index contributed by atoms with van der Waals surface area (Å²) in [5.74, 6) is 0.594. The number of benzene rings is 3. The van der Waals surface area contributed by atoms with Crippen molar-refractivity contribution in [3.05, 3.63) is 91.3 Å². The maximum absolute atomic E-state index is 13.4. The molecular formula is C22H18N2O3S. The molecule has 0 unspecified atom stereocenters. The zero-order valence-electron chi connectivity index (χ0n) is 15.2. The van der Waals surface area contributed by atoms with Gasteiger partial charge in [0, 0.05) is 11.3 Å². The Kier molecular flexibility index (Phi) is 4.71. The van der Waals surface area contributed by atoms with E-state index in [2.05, 4.69) is 4.98 Å². The summed E-state index contributed by atoms with van der Waals surface area (Å²) in [6, 6.07) is 25.3. The second kappa shape index (κ2) is 7.32. The Hall–Kier alpha value is -3.38. The van der Waals surface area contributed by atoms with Crippen molar-refractivity contribution in [2.45, 2.75) is 9.92 Å². The van der Waals surface area contributed by atoms with E-state index < -0.39 is 9.84 Å². The number of nitrogens with zero attached hydrogens (tertiary/aromatic N) is 2. The molecule has 0 amide bonds. The van der Waals surface area contributed by atoms with Crippen LogP contribution >= 0.6 is 0 Å². The molecule has 5 nitrogen and oxygen atoms in total. The largest absolute Gasteiger partial charge is 0.497 e. The molecule has 1 aromatic heterocycles. The molecular weight excluding hydrogens is 372 g/mol. The number of para-hydroxylation sites is 1. The number of imidazole rings is 1. The first kappa shape index (κ1) is 18.0. The molecule has 0 N–H and O–H groups in total. The van der Waals surface area contributed by atoms with Crippen LogP contribution in [0.5, 0.6) is 5.75 Å². The minimum absolute atomic E-state index is 0.0210. The highest BCUT2D eigenvalue weighted by Gasteiger charge is 2.27. The number of aromatic nitrogens is 2. The first-order valence-corrected chi connectivity index (χ1v) is 10.2.